The Labute approximate surface area is 106 Å². The van der Waals surface area contributed by atoms with Crippen LogP contribution in [0.1, 0.15) is 0 Å². The van der Waals surface area contributed by atoms with Crippen molar-refractivity contribution in [2.24, 2.45) is 0 Å². The standard InChI is InChI=1S/C11H6BrCl2N/c12-9-3-1-7(2-4-9)8-5-10(13)15-11(14)6-8/h1-6H. The molecule has 15 heavy (non-hydrogen) atoms. The van der Waals surface area contributed by atoms with Gasteiger partial charge in [0.2, 0.25) is 0 Å². The van der Waals surface area contributed by atoms with Gasteiger partial charge in [0.05, 0.1) is 0 Å². The Kier molecular flexibility index (Phi) is 3.29. The van der Waals surface area contributed by atoms with Crippen LogP contribution in [-0.2, 0) is 0 Å². The second-order valence-electron chi connectivity index (χ2n) is 3.01. The number of hydrogen-bond donors (Lipinski definition) is 0. The van der Waals surface area contributed by atoms with Gasteiger partial charge in [-0.1, -0.05) is 51.3 Å². The number of nitrogens with zero attached hydrogens (tertiary/aromatic N) is 1. The predicted octanol–water partition coefficient (Wildman–Crippen LogP) is 4.82. The molecule has 0 saturated heterocycles. The summed E-state index contributed by atoms with van der Waals surface area (Å²) in [5, 5.41) is 0.806. The maximum atomic E-state index is 5.83. The highest BCUT2D eigenvalue weighted by atomic mass is 79.9. The number of benzene rings is 1. The molecule has 1 aromatic heterocycles. The van der Waals surface area contributed by atoms with Crippen LogP contribution >= 0.6 is 39.1 Å². The van der Waals surface area contributed by atoms with Gasteiger partial charge in [-0.2, -0.15) is 0 Å². The van der Waals surface area contributed by atoms with Crippen LogP contribution in [0, 0.1) is 0 Å². The Hall–Kier alpha value is -0.570. The van der Waals surface area contributed by atoms with E-state index in [0.717, 1.165) is 15.6 Å². The molecule has 0 fully saturated rings. The van der Waals surface area contributed by atoms with Crippen molar-refractivity contribution in [3.8, 4) is 11.1 Å². The number of pyridine rings is 1. The number of rotatable bonds is 1. The molecule has 0 bridgehead atoms. The third kappa shape index (κ3) is 2.71. The van der Waals surface area contributed by atoms with Crippen LogP contribution in [0.15, 0.2) is 40.9 Å². The van der Waals surface area contributed by atoms with Crippen LogP contribution in [0.3, 0.4) is 0 Å². The first-order valence-corrected chi connectivity index (χ1v) is 5.79. The smallest absolute Gasteiger partial charge is 0.131 e. The lowest BCUT2D eigenvalue weighted by Gasteiger charge is -2.02. The van der Waals surface area contributed by atoms with Gasteiger partial charge in [-0.3, -0.25) is 0 Å². The van der Waals surface area contributed by atoms with E-state index in [-0.39, 0.29) is 0 Å². The maximum Gasteiger partial charge on any atom is 0.131 e. The molecule has 0 spiro atoms. The second kappa shape index (κ2) is 4.52. The molecule has 0 aliphatic heterocycles. The summed E-state index contributed by atoms with van der Waals surface area (Å²) >= 11 is 15.0. The minimum atomic E-state index is 0.403. The molecule has 2 aromatic rings. The van der Waals surface area contributed by atoms with Crippen molar-refractivity contribution < 1.29 is 0 Å². The topological polar surface area (TPSA) is 12.9 Å². The van der Waals surface area contributed by atoms with E-state index in [4.69, 9.17) is 23.2 Å². The monoisotopic (exact) mass is 301 g/mol. The van der Waals surface area contributed by atoms with Crippen molar-refractivity contribution in [2.45, 2.75) is 0 Å². The molecule has 4 heteroatoms. The Morgan fingerprint density at radius 1 is 0.867 bits per heavy atom. The zero-order chi connectivity index (χ0) is 10.8. The maximum absolute atomic E-state index is 5.83. The Morgan fingerprint density at radius 3 is 1.93 bits per heavy atom. The van der Waals surface area contributed by atoms with Crippen LogP contribution in [0.5, 0.6) is 0 Å². The minimum absolute atomic E-state index is 0.403. The van der Waals surface area contributed by atoms with E-state index in [9.17, 15) is 0 Å². The SMILES string of the molecule is Clc1cc(-c2ccc(Br)cc2)cc(Cl)n1. The number of halogens is 3. The van der Waals surface area contributed by atoms with Gasteiger partial charge in [-0.15, -0.1) is 0 Å². The van der Waals surface area contributed by atoms with E-state index < -0.39 is 0 Å². The van der Waals surface area contributed by atoms with Crippen LogP contribution in [0.4, 0.5) is 0 Å². The van der Waals surface area contributed by atoms with Crippen LogP contribution in [0.25, 0.3) is 11.1 Å². The van der Waals surface area contributed by atoms with Crippen molar-refractivity contribution in [3.05, 3.63) is 51.2 Å². The van der Waals surface area contributed by atoms with E-state index >= 15 is 0 Å². The lowest BCUT2D eigenvalue weighted by Crippen LogP contribution is -1.81. The highest BCUT2D eigenvalue weighted by molar-refractivity contribution is 9.10. The van der Waals surface area contributed by atoms with Gasteiger partial charge in [0.1, 0.15) is 10.3 Å². The summed E-state index contributed by atoms with van der Waals surface area (Å²) in [4.78, 5) is 3.90. The van der Waals surface area contributed by atoms with Gasteiger partial charge in [0.15, 0.2) is 0 Å². The van der Waals surface area contributed by atoms with E-state index in [1.165, 1.54) is 0 Å². The fourth-order valence-electron chi connectivity index (χ4n) is 1.27. The lowest BCUT2D eigenvalue weighted by molar-refractivity contribution is 1.33. The van der Waals surface area contributed by atoms with Crippen molar-refractivity contribution in [3.63, 3.8) is 0 Å². The van der Waals surface area contributed by atoms with E-state index in [1.54, 1.807) is 12.1 Å². The van der Waals surface area contributed by atoms with Gasteiger partial charge < -0.3 is 0 Å². The Bertz CT molecular complexity index is 462. The van der Waals surface area contributed by atoms with E-state index in [1.807, 2.05) is 24.3 Å². The average Bonchev–Trinajstić information content (AvgIpc) is 2.17. The number of aromatic nitrogens is 1. The molecule has 2 rings (SSSR count). The number of hydrogen-bond acceptors (Lipinski definition) is 1. The van der Waals surface area contributed by atoms with Gasteiger partial charge in [0.25, 0.3) is 0 Å². The summed E-state index contributed by atoms with van der Waals surface area (Å²) in [6.07, 6.45) is 0. The zero-order valence-electron chi connectivity index (χ0n) is 7.55. The molecule has 1 aromatic carbocycles. The highest BCUT2D eigenvalue weighted by Crippen LogP contribution is 2.25. The van der Waals surface area contributed by atoms with Gasteiger partial charge in [0, 0.05) is 4.47 Å². The molecule has 1 nitrogen and oxygen atoms in total. The summed E-state index contributed by atoms with van der Waals surface area (Å²) in [6, 6.07) is 11.5. The molecule has 1 heterocycles. The fraction of sp³-hybridized carbons (Fsp3) is 0. The molecule has 0 aliphatic carbocycles. The summed E-state index contributed by atoms with van der Waals surface area (Å²) < 4.78 is 1.04. The molecule has 0 amide bonds. The Balaban J connectivity index is 2.49. The molecule has 0 saturated carbocycles. The summed E-state index contributed by atoms with van der Waals surface area (Å²) in [5.41, 5.74) is 2.02. The molecular weight excluding hydrogens is 297 g/mol. The lowest BCUT2D eigenvalue weighted by atomic mass is 10.1. The largest absolute Gasteiger partial charge is 0.224 e. The van der Waals surface area contributed by atoms with Crippen LogP contribution in [0.2, 0.25) is 10.3 Å². The molecule has 0 aliphatic rings. The molecule has 0 radical (unpaired) electrons. The minimum Gasteiger partial charge on any atom is -0.224 e. The van der Waals surface area contributed by atoms with Crippen LogP contribution < -0.4 is 0 Å². The quantitative estimate of drug-likeness (QED) is 0.688. The summed E-state index contributed by atoms with van der Waals surface area (Å²) in [5.74, 6) is 0. The van der Waals surface area contributed by atoms with Crippen molar-refractivity contribution in [1.82, 2.24) is 4.98 Å². The molecule has 0 unspecified atom stereocenters. The zero-order valence-corrected chi connectivity index (χ0v) is 10.6. The van der Waals surface area contributed by atoms with Crippen molar-refractivity contribution >= 4 is 39.1 Å². The molecule has 0 atom stereocenters. The first kappa shape index (κ1) is 10.9. The van der Waals surface area contributed by atoms with Gasteiger partial charge in [-0.25, -0.2) is 4.98 Å². The highest BCUT2D eigenvalue weighted by Gasteiger charge is 2.01. The van der Waals surface area contributed by atoms with Gasteiger partial charge >= 0.3 is 0 Å². The van der Waals surface area contributed by atoms with Crippen molar-refractivity contribution in [1.29, 1.82) is 0 Å². The van der Waals surface area contributed by atoms with Gasteiger partial charge in [-0.05, 0) is 35.4 Å². The third-order valence-electron chi connectivity index (χ3n) is 1.94. The summed E-state index contributed by atoms with van der Waals surface area (Å²) in [6.45, 7) is 0. The van der Waals surface area contributed by atoms with E-state index in [0.29, 0.717) is 10.3 Å². The second-order valence-corrected chi connectivity index (χ2v) is 4.70. The average molecular weight is 303 g/mol. The predicted molar refractivity (Wildman–Crippen MR) is 67.4 cm³/mol. The van der Waals surface area contributed by atoms with Crippen molar-refractivity contribution in [2.75, 3.05) is 0 Å². The molecule has 0 N–H and O–H groups in total. The summed E-state index contributed by atoms with van der Waals surface area (Å²) in [7, 11) is 0. The molecule has 76 valence electrons. The fourth-order valence-corrected chi connectivity index (χ4v) is 2.00. The third-order valence-corrected chi connectivity index (χ3v) is 2.86. The molecular formula is C11H6BrCl2N. The first-order valence-electron chi connectivity index (χ1n) is 4.24. The normalized spacial score (nSPS) is 10.3. The van der Waals surface area contributed by atoms with Crippen LogP contribution in [-0.4, -0.2) is 4.98 Å². The first-order chi connectivity index (χ1) is 7.15. The van der Waals surface area contributed by atoms with E-state index in [2.05, 4.69) is 20.9 Å². The Morgan fingerprint density at radius 2 is 1.40 bits per heavy atom.